The third-order valence-corrected chi connectivity index (χ3v) is 9.61. The fourth-order valence-electron chi connectivity index (χ4n) is 6.89. The monoisotopic (exact) mass is 706 g/mol. The Bertz CT molecular complexity index is 1810. The molecule has 9 heteroatoms. The Kier molecular flexibility index (Phi) is 13.6. The Morgan fingerprint density at radius 1 is 0.846 bits per heavy atom. The smallest absolute Gasteiger partial charge is 0.410 e. The van der Waals surface area contributed by atoms with E-state index >= 15 is 0 Å². The van der Waals surface area contributed by atoms with Crippen LogP contribution in [0.5, 0.6) is 11.5 Å². The number of H-pyrrole nitrogens is 1. The molecule has 5 aromatic rings. The Labute approximate surface area is 306 Å². The number of aromatic nitrogens is 1. The minimum absolute atomic E-state index is 0.0750. The zero-order valence-electron chi connectivity index (χ0n) is 30.2. The summed E-state index contributed by atoms with van der Waals surface area (Å²) in [5.41, 5.74) is 5.35. The molecule has 6 rings (SSSR count). The number of nitrogens with zero attached hydrogens (tertiary/aromatic N) is 1. The maximum Gasteiger partial charge on any atom is 0.410 e. The number of ether oxygens (including phenoxy) is 6. The van der Waals surface area contributed by atoms with Crippen LogP contribution in [0.3, 0.4) is 0 Å². The number of likely N-dealkylation sites (tertiary alicyclic amines) is 1. The quantitative estimate of drug-likeness (QED) is 0.0911. The number of rotatable bonds is 18. The number of piperidine rings is 1. The summed E-state index contributed by atoms with van der Waals surface area (Å²) in [6.45, 7) is 3.51. The number of aromatic amines is 1. The summed E-state index contributed by atoms with van der Waals surface area (Å²) < 4.78 is 35.7. The van der Waals surface area contributed by atoms with Crippen molar-refractivity contribution in [3.63, 3.8) is 0 Å². The van der Waals surface area contributed by atoms with Crippen molar-refractivity contribution in [3.8, 4) is 11.5 Å². The maximum absolute atomic E-state index is 13.4. The van der Waals surface area contributed by atoms with Crippen LogP contribution in [-0.2, 0) is 32.2 Å². The largest absolute Gasteiger partial charge is 0.496 e. The highest BCUT2D eigenvalue weighted by atomic mass is 16.6. The topological polar surface area (TPSA) is 91.5 Å². The predicted octanol–water partition coefficient (Wildman–Crippen LogP) is 8.84. The number of hydrogen-bond donors (Lipinski definition) is 1. The molecule has 0 saturated carbocycles. The van der Waals surface area contributed by atoms with Crippen LogP contribution in [0.2, 0.25) is 0 Å². The molecule has 3 atom stereocenters. The first-order chi connectivity index (χ1) is 25.6. The van der Waals surface area contributed by atoms with Crippen LogP contribution < -0.4 is 9.47 Å². The minimum Gasteiger partial charge on any atom is -0.496 e. The maximum atomic E-state index is 13.4. The van der Waals surface area contributed by atoms with Crippen molar-refractivity contribution in [2.24, 2.45) is 0 Å². The van der Waals surface area contributed by atoms with Gasteiger partial charge in [0.25, 0.3) is 0 Å². The number of amides is 1. The fourth-order valence-corrected chi connectivity index (χ4v) is 6.89. The summed E-state index contributed by atoms with van der Waals surface area (Å²) >= 11 is 0. The van der Waals surface area contributed by atoms with Crippen molar-refractivity contribution in [2.75, 3.05) is 47.1 Å². The molecule has 0 aliphatic carbocycles. The van der Waals surface area contributed by atoms with Gasteiger partial charge in [0.05, 0.1) is 45.7 Å². The van der Waals surface area contributed by atoms with Gasteiger partial charge in [-0.05, 0) is 66.3 Å². The van der Waals surface area contributed by atoms with E-state index in [1.54, 1.807) is 19.1 Å². The van der Waals surface area contributed by atoms with Gasteiger partial charge in [0, 0.05) is 55.3 Å². The number of carbonyl (C=O) groups is 1. The van der Waals surface area contributed by atoms with E-state index in [9.17, 15) is 4.79 Å². The third-order valence-electron chi connectivity index (χ3n) is 9.61. The Morgan fingerprint density at radius 3 is 2.50 bits per heavy atom. The highest BCUT2D eigenvalue weighted by Gasteiger charge is 2.36. The molecule has 1 aliphatic rings. The molecule has 1 amide bonds. The molecule has 2 heterocycles. The van der Waals surface area contributed by atoms with E-state index in [0.29, 0.717) is 39.5 Å². The second-order valence-electron chi connectivity index (χ2n) is 13.1. The summed E-state index contributed by atoms with van der Waals surface area (Å²) in [7, 11) is 3.40. The molecule has 1 saturated heterocycles. The predicted molar refractivity (Wildman–Crippen MR) is 202 cm³/mol. The summed E-state index contributed by atoms with van der Waals surface area (Å²) in [6, 6.07) is 34.4. The van der Waals surface area contributed by atoms with Crippen LogP contribution in [0.4, 0.5) is 4.79 Å². The third kappa shape index (κ3) is 9.94. The molecule has 274 valence electrons. The zero-order valence-corrected chi connectivity index (χ0v) is 30.2. The fraction of sp³-hybridized carbons (Fsp3) is 0.372. The average molecular weight is 707 g/mol. The summed E-state index contributed by atoms with van der Waals surface area (Å²) in [6.07, 6.45) is 4.34. The van der Waals surface area contributed by atoms with Crippen LogP contribution in [0.15, 0.2) is 109 Å². The SMILES string of the molecule is COCCCC(OC1CN(C(=O)OCc2ccccc2)CCC1c1ccc(OCCCOCc2ccccc2OC)cc1)c1cccc2[nH]ccc12. The Balaban J connectivity index is 1.12. The first kappa shape index (κ1) is 36.9. The number of nitrogens with one attached hydrogen (secondary N) is 1. The normalized spacial score (nSPS) is 16.5. The standard InChI is InChI=1S/C43H50N2O7/c1-47-26-9-17-41(38-14-8-15-39-37(38)22-24-44-39)52-42-29-45(43(46)51-30-32-11-4-3-5-12-32)25-23-36(42)33-18-20-35(21-19-33)50-28-10-27-49-31-34-13-6-7-16-40(34)48-2/h3-8,11-16,18-22,24,36,41-42,44H,9-10,17,23,25-31H2,1-2H3. The van der Waals surface area contributed by atoms with Gasteiger partial charge in [0.1, 0.15) is 18.1 Å². The van der Waals surface area contributed by atoms with Crippen molar-refractivity contribution in [3.05, 3.63) is 132 Å². The van der Waals surface area contributed by atoms with Crippen molar-refractivity contribution < 1.29 is 33.2 Å². The van der Waals surface area contributed by atoms with Crippen LogP contribution in [-0.4, -0.2) is 69.2 Å². The molecule has 1 N–H and O–H groups in total. The number of benzene rings is 4. The van der Waals surface area contributed by atoms with E-state index in [-0.39, 0.29) is 30.8 Å². The lowest BCUT2D eigenvalue weighted by Crippen LogP contribution is -2.47. The van der Waals surface area contributed by atoms with Crippen molar-refractivity contribution in [2.45, 2.75) is 57.0 Å². The van der Waals surface area contributed by atoms with Gasteiger partial charge >= 0.3 is 6.09 Å². The molecule has 0 spiro atoms. The van der Waals surface area contributed by atoms with Gasteiger partial charge in [-0.25, -0.2) is 4.79 Å². The Morgan fingerprint density at radius 2 is 1.67 bits per heavy atom. The molecular formula is C43H50N2O7. The number of hydrogen-bond acceptors (Lipinski definition) is 7. The van der Waals surface area contributed by atoms with Crippen LogP contribution in [0.25, 0.3) is 10.9 Å². The first-order valence-electron chi connectivity index (χ1n) is 18.2. The van der Waals surface area contributed by atoms with Crippen molar-refractivity contribution in [1.82, 2.24) is 9.88 Å². The lowest BCUT2D eigenvalue weighted by atomic mass is 9.86. The van der Waals surface area contributed by atoms with E-state index < -0.39 is 0 Å². The van der Waals surface area contributed by atoms with E-state index in [0.717, 1.165) is 70.3 Å². The molecule has 3 unspecified atom stereocenters. The first-order valence-corrected chi connectivity index (χ1v) is 18.2. The van der Waals surface area contributed by atoms with E-state index in [4.69, 9.17) is 28.4 Å². The van der Waals surface area contributed by atoms with Gasteiger partial charge in [-0.15, -0.1) is 0 Å². The molecule has 1 fully saturated rings. The Hall–Kier alpha value is -4.83. The van der Waals surface area contributed by atoms with Gasteiger partial charge in [0.15, 0.2) is 0 Å². The van der Waals surface area contributed by atoms with E-state index in [1.165, 1.54) is 0 Å². The molecule has 1 aromatic heterocycles. The molecular weight excluding hydrogens is 656 g/mol. The molecule has 1 aliphatic heterocycles. The van der Waals surface area contributed by atoms with Crippen molar-refractivity contribution >= 4 is 17.0 Å². The minimum atomic E-state index is -0.324. The summed E-state index contributed by atoms with van der Waals surface area (Å²) in [4.78, 5) is 18.5. The van der Waals surface area contributed by atoms with Gasteiger partial charge < -0.3 is 38.3 Å². The second-order valence-corrected chi connectivity index (χ2v) is 13.1. The van der Waals surface area contributed by atoms with Crippen molar-refractivity contribution in [1.29, 1.82) is 0 Å². The average Bonchev–Trinajstić information content (AvgIpc) is 3.68. The van der Waals surface area contributed by atoms with Gasteiger partial charge in [-0.2, -0.15) is 0 Å². The summed E-state index contributed by atoms with van der Waals surface area (Å²) in [5, 5.41) is 1.14. The van der Waals surface area contributed by atoms with E-state index in [1.807, 2.05) is 72.9 Å². The highest BCUT2D eigenvalue weighted by Crippen LogP contribution is 2.38. The molecule has 0 bridgehead atoms. The number of fused-ring (bicyclic) bond motifs is 1. The van der Waals surface area contributed by atoms with Crippen LogP contribution in [0.1, 0.15) is 60.0 Å². The van der Waals surface area contributed by atoms with Gasteiger partial charge in [0.2, 0.25) is 0 Å². The number of para-hydroxylation sites is 1. The van der Waals surface area contributed by atoms with E-state index in [2.05, 4.69) is 41.4 Å². The molecule has 52 heavy (non-hydrogen) atoms. The lowest BCUT2D eigenvalue weighted by Gasteiger charge is -2.40. The molecule has 4 aromatic carbocycles. The second kappa shape index (κ2) is 19.1. The number of carbonyl (C=O) groups excluding carboxylic acids is 1. The molecule has 9 nitrogen and oxygen atoms in total. The van der Waals surface area contributed by atoms with Crippen LogP contribution in [0, 0.1) is 0 Å². The lowest BCUT2D eigenvalue weighted by molar-refractivity contribution is -0.0640. The zero-order chi connectivity index (χ0) is 36.0. The number of methoxy groups -OCH3 is 2. The molecule has 0 radical (unpaired) electrons. The van der Waals surface area contributed by atoms with Crippen LogP contribution >= 0.6 is 0 Å². The summed E-state index contributed by atoms with van der Waals surface area (Å²) in [5.74, 6) is 1.72. The van der Waals surface area contributed by atoms with Gasteiger partial charge in [-0.3, -0.25) is 0 Å². The van der Waals surface area contributed by atoms with Gasteiger partial charge in [-0.1, -0.05) is 72.8 Å². The highest BCUT2D eigenvalue weighted by molar-refractivity contribution is 5.83.